The topological polar surface area (TPSA) is 77.5 Å². The second-order valence-corrected chi connectivity index (χ2v) is 8.82. The Morgan fingerprint density at radius 3 is 2.73 bits per heavy atom. The Balaban J connectivity index is 2.00. The van der Waals surface area contributed by atoms with Crippen molar-refractivity contribution >= 4 is 17.7 Å². The number of nitrogens with one attached hydrogen (secondary N) is 3. The number of ether oxygens (including phenoxy) is 1. The normalized spacial score (nSPS) is 20.3. The largest absolute Gasteiger partial charge is 0.444 e. The number of nitrogens with zero attached hydrogens (tertiary/aromatic N) is 1. The van der Waals surface area contributed by atoms with Crippen LogP contribution in [0.25, 0.3) is 0 Å². The summed E-state index contributed by atoms with van der Waals surface area (Å²) in [6.45, 7) is 13.5. The van der Waals surface area contributed by atoms with Gasteiger partial charge in [0.05, 0.1) is 5.54 Å². The lowest BCUT2D eigenvalue weighted by Crippen LogP contribution is -2.41. The van der Waals surface area contributed by atoms with Crippen molar-refractivity contribution in [3.05, 3.63) is 29.8 Å². The highest BCUT2D eigenvalue weighted by Crippen LogP contribution is 2.25. The molecule has 2 rings (SSSR count). The molecule has 0 saturated carbocycles. The lowest BCUT2D eigenvalue weighted by molar-refractivity contribution is 0.0636. The molecule has 6 heteroatoms. The molecule has 144 valence electrons. The Kier molecular flexibility index (Phi) is 5.84. The minimum Gasteiger partial charge on any atom is -0.444 e. The zero-order chi connectivity index (χ0) is 19.5. The smallest absolute Gasteiger partial charge is 0.412 e. The molecule has 1 saturated heterocycles. The summed E-state index contributed by atoms with van der Waals surface area (Å²) < 4.78 is 5.29. The summed E-state index contributed by atoms with van der Waals surface area (Å²) in [6, 6.07) is 7.67. The molecule has 1 aliphatic rings. The molecule has 26 heavy (non-hydrogen) atoms. The van der Waals surface area contributed by atoms with Crippen LogP contribution in [0.15, 0.2) is 24.3 Å². The Morgan fingerprint density at radius 1 is 1.42 bits per heavy atom. The van der Waals surface area contributed by atoms with Crippen LogP contribution in [0.1, 0.15) is 53.5 Å². The van der Waals surface area contributed by atoms with Gasteiger partial charge >= 0.3 is 6.09 Å². The molecule has 0 aromatic heterocycles. The van der Waals surface area contributed by atoms with Gasteiger partial charge in [0.2, 0.25) is 0 Å². The van der Waals surface area contributed by atoms with Gasteiger partial charge in [0.15, 0.2) is 5.96 Å². The molecule has 0 radical (unpaired) electrons. The summed E-state index contributed by atoms with van der Waals surface area (Å²) >= 11 is 0. The number of carbonyl (C=O) groups excluding carboxylic acids is 1. The van der Waals surface area contributed by atoms with Gasteiger partial charge in [-0.15, -0.1) is 0 Å². The molecular formula is C20H32N4O2. The fourth-order valence-corrected chi connectivity index (χ4v) is 3.45. The third-order valence-electron chi connectivity index (χ3n) is 4.08. The van der Waals surface area contributed by atoms with Crippen LogP contribution < -0.4 is 10.6 Å². The van der Waals surface area contributed by atoms with Gasteiger partial charge in [-0.25, -0.2) is 4.79 Å². The van der Waals surface area contributed by atoms with E-state index in [-0.39, 0.29) is 5.54 Å². The average molecular weight is 361 g/mol. The van der Waals surface area contributed by atoms with Crippen molar-refractivity contribution in [1.29, 1.82) is 5.41 Å². The number of hydrogen-bond donors (Lipinski definition) is 3. The van der Waals surface area contributed by atoms with E-state index in [2.05, 4.69) is 31.4 Å². The van der Waals surface area contributed by atoms with Crippen molar-refractivity contribution in [3.8, 4) is 0 Å². The van der Waals surface area contributed by atoms with Gasteiger partial charge in [-0.05, 0) is 57.7 Å². The standard InChI is InChI=1S/C20H32N4O2/c1-14(2)11-20(6)13-24(17(21)23-20)12-15-8-7-9-16(10-15)22-18(25)26-19(3,4)5/h7-10,14H,11-13H2,1-6H3,(H2,21,23)(H,22,25). The fourth-order valence-electron chi connectivity index (χ4n) is 3.45. The molecule has 0 spiro atoms. The number of amides is 1. The second-order valence-electron chi connectivity index (χ2n) is 8.82. The molecule has 3 N–H and O–H groups in total. The molecule has 1 atom stereocenters. The number of hydrogen-bond acceptors (Lipinski definition) is 3. The van der Waals surface area contributed by atoms with E-state index in [1.165, 1.54) is 0 Å². The number of carbonyl (C=O) groups is 1. The van der Waals surface area contributed by atoms with Crippen molar-refractivity contribution in [2.75, 3.05) is 11.9 Å². The third kappa shape index (κ3) is 5.93. The number of rotatable bonds is 5. The highest BCUT2D eigenvalue weighted by molar-refractivity contribution is 5.85. The number of guanidine groups is 1. The summed E-state index contributed by atoms with van der Waals surface area (Å²) in [5.41, 5.74) is 1.13. The molecule has 0 bridgehead atoms. The Hall–Kier alpha value is -2.24. The van der Waals surface area contributed by atoms with Crippen molar-refractivity contribution in [1.82, 2.24) is 10.2 Å². The predicted molar refractivity (Wildman–Crippen MR) is 105 cm³/mol. The average Bonchev–Trinajstić information content (AvgIpc) is 2.69. The van der Waals surface area contributed by atoms with E-state index < -0.39 is 11.7 Å². The molecule has 1 heterocycles. The summed E-state index contributed by atoms with van der Waals surface area (Å²) in [5, 5.41) is 14.3. The van der Waals surface area contributed by atoms with Gasteiger partial charge in [-0.3, -0.25) is 10.7 Å². The first-order chi connectivity index (χ1) is 12.0. The summed E-state index contributed by atoms with van der Waals surface area (Å²) in [4.78, 5) is 14.0. The minimum atomic E-state index is -0.529. The van der Waals surface area contributed by atoms with Crippen LogP contribution in [0.3, 0.4) is 0 Å². The van der Waals surface area contributed by atoms with Crippen molar-refractivity contribution in [3.63, 3.8) is 0 Å². The van der Waals surface area contributed by atoms with Crippen LogP contribution in [-0.2, 0) is 11.3 Å². The van der Waals surface area contributed by atoms with E-state index in [9.17, 15) is 4.79 Å². The zero-order valence-electron chi connectivity index (χ0n) is 16.8. The highest BCUT2D eigenvalue weighted by atomic mass is 16.6. The maximum atomic E-state index is 11.9. The van der Waals surface area contributed by atoms with E-state index in [0.29, 0.717) is 24.1 Å². The van der Waals surface area contributed by atoms with E-state index in [1.54, 1.807) is 0 Å². The molecule has 1 unspecified atom stereocenters. The van der Waals surface area contributed by atoms with Crippen molar-refractivity contribution < 1.29 is 9.53 Å². The van der Waals surface area contributed by atoms with E-state index >= 15 is 0 Å². The lowest BCUT2D eigenvalue weighted by Gasteiger charge is -2.26. The summed E-state index contributed by atoms with van der Waals surface area (Å²) in [7, 11) is 0. The summed E-state index contributed by atoms with van der Waals surface area (Å²) in [6.07, 6.45) is 0.557. The van der Waals surface area contributed by atoms with E-state index in [4.69, 9.17) is 10.1 Å². The van der Waals surface area contributed by atoms with Gasteiger partial charge in [-0.1, -0.05) is 26.0 Å². The molecule has 1 aromatic rings. The predicted octanol–water partition coefficient (Wildman–Crippen LogP) is 4.18. The molecular weight excluding hydrogens is 328 g/mol. The second kappa shape index (κ2) is 7.56. The van der Waals surface area contributed by atoms with Crippen molar-refractivity contribution in [2.45, 2.75) is 65.6 Å². The van der Waals surface area contributed by atoms with Crippen molar-refractivity contribution in [2.24, 2.45) is 5.92 Å². The van der Waals surface area contributed by atoms with Crippen LogP contribution in [0.2, 0.25) is 0 Å². The molecule has 1 aromatic carbocycles. The highest BCUT2D eigenvalue weighted by Gasteiger charge is 2.36. The first-order valence-corrected chi connectivity index (χ1v) is 9.16. The third-order valence-corrected chi connectivity index (χ3v) is 4.08. The van der Waals surface area contributed by atoms with Gasteiger partial charge in [0.1, 0.15) is 5.60 Å². The number of benzene rings is 1. The van der Waals surface area contributed by atoms with Gasteiger partial charge in [0, 0.05) is 18.8 Å². The first-order valence-electron chi connectivity index (χ1n) is 9.16. The molecule has 1 amide bonds. The lowest BCUT2D eigenvalue weighted by atomic mass is 9.91. The van der Waals surface area contributed by atoms with E-state index in [1.807, 2.05) is 49.9 Å². The van der Waals surface area contributed by atoms with Crippen LogP contribution in [0.5, 0.6) is 0 Å². The molecule has 1 fully saturated rings. The quantitative estimate of drug-likeness (QED) is 0.736. The Bertz CT molecular complexity index is 666. The van der Waals surface area contributed by atoms with Gasteiger partial charge < -0.3 is 15.0 Å². The first kappa shape index (κ1) is 20.1. The SMILES string of the molecule is CC(C)CC1(C)CN(Cc2cccc(NC(=O)OC(C)(C)C)c2)C(=N)N1. The number of anilines is 1. The molecule has 1 aliphatic heterocycles. The maximum Gasteiger partial charge on any atom is 0.412 e. The van der Waals surface area contributed by atoms with Crippen LogP contribution in [0.4, 0.5) is 10.5 Å². The van der Waals surface area contributed by atoms with Crippen LogP contribution in [-0.4, -0.2) is 34.6 Å². The van der Waals surface area contributed by atoms with Gasteiger partial charge in [-0.2, -0.15) is 0 Å². The molecule has 6 nitrogen and oxygen atoms in total. The fraction of sp³-hybridized carbons (Fsp3) is 0.600. The van der Waals surface area contributed by atoms with Crippen LogP contribution >= 0.6 is 0 Å². The summed E-state index contributed by atoms with van der Waals surface area (Å²) in [5.74, 6) is 1.03. The Labute approximate surface area is 156 Å². The minimum absolute atomic E-state index is 0.0718. The van der Waals surface area contributed by atoms with Gasteiger partial charge in [0.25, 0.3) is 0 Å². The zero-order valence-corrected chi connectivity index (χ0v) is 16.8. The molecule has 0 aliphatic carbocycles. The Morgan fingerprint density at radius 2 is 2.12 bits per heavy atom. The van der Waals surface area contributed by atoms with Crippen LogP contribution in [0, 0.1) is 11.3 Å². The monoisotopic (exact) mass is 360 g/mol. The van der Waals surface area contributed by atoms with E-state index in [0.717, 1.165) is 18.5 Å². The maximum absolute atomic E-state index is 11.9.